The summed E-state index contributed by atoms with van der Waals surface area (Å²) in [5, 5.41) is 14.1. The molecule has 0 saturated heterocycles. The minimum absolute atomic E-state index is 0.263. The molecule has 2 aromatic heterocycles. The number of carbonyl (C=O) groups is 1. The Morgan fingerprint density at radius 3 is 2.78 bits per heavy atom. The number of nitriles is 1. The number of unbranched alkanes of at least 4 members (excludes halogenated alkanes) is 1. The molecule has 0 unspecified atom stereocenters. The molecule has 0 aliphatic carbocycles. The number of nitrogens with zero attached hydrogens (tertiary/aromatic N) is 3. The summed E-state index contributed by atoms with van der Waals surface area (Å²) >= 11 is 0. The van der Waals surface area contributed by atoms with Gasteiger partial charge < -0.3 is 5.73 Å². The summed E-state index contributed by atoms with van der Waals surface area (Å²) in [7, 11) is 0. The van der Waals surface area contributed by atoms with Crippen molar-refractivity contribution < 1.29 is 4.79 Å². The Balaban J connectivity index is 2.13. The highest BCUT2D eigenvalue weighted by Crippen LogP contribution is 2.33. The molecule has 1 amide bonds. The maximum absolute atomic E-state index is 11.0. The number of benzene rings is 1. The van der Waals surface area contributed by atoms with Crippen molar-refractivity contribution in [2.45, 2.75) is 46.0 Å². The van der Waals surface area contributed by atoms with E-state index in [1.165, 1.54) is 5.56 Å². The molecular weight excluding hydrogens is 336 g/mol. The van der Waals surface area contributed by atoms with E-state index in [2.05, 4.69) is 25.1 Å². The molecule has 0 radical (unpaired) electrons. The molecule has 27 heavy (non-hydrogen) atoms. The lowest BCUT2D eigenvalue weighted by molar-refractivity contribution is -0.118. The van der Waals surface area contributed by atoms with Gasteiger partial charge in [0, 0.05) is 17.7 Å². The third-order valence-corrected chi connectivity index (χ3v) is 4.92. The predicted molar refractivity (Wildman–Crippen MR) is 106 cm³/mol. The lowest BCUT2D eigenvalue weighted by Crippen LogP contribution is -2.10. The number of amides is 1. The molecule has 5 nitrogen and oxygen atoms in total. The van der Waals surface area contributed by atoms with Gasteiger partial charge in [0.2, 0.25) is 5.91 Å². The highest BCUT2D eigenvalue weighted by molar-refractivity contribution is 5.84. The van der Waals surface area contributed by atoms with Gasteiger partial charge in [-0.1, -0.05) is 19.1 Å². The lowest BCUT2D eigenvalue weighted by Gasteiger charge is -2.16. The van der Waals surface area contributed by atoms with Gasteiger partial charge in [0.1, 0.15) is 0 Å². The third-order valence-electron chi connectivity index (χ3n) is 4.92. The summed E-state index contributed by atoms with van der Waals surface area (Å²) in [5.74, 6) is -0.263. The van der Waals surface area contributed by atoms with Crippen molar-refractivity contribution in [3.63, 3.8) is 0 Å². The number of hydrogen-bond donors (Lipinski definition) is 1. The van der Waals surface area contributed by atoms with Crippen LogP contribution in [0.2, 0.25) is 0 Å². The number of carbonyl (C=O) groups excluding carboxylic acids is 1. The van der Waals surface area contributed by atoms with E-state index in [1.54, 1.807) is 0 Å². The Morgan fingerprint density at radius 1 is 1.26 bits per heavy atom. The zero-order valence-electron chi connectivity index (χ0n) is 15.8. The highest BCUT2D eigenvalue weighted by Gasteiger charge is 2.17. The fraction of sp³-hybridized carbons (Fsp3) is 0.318. The van der Waals surface area contributed by atoms with Crippen LogP contribution in [0.4, 0.5) is 0 Å². The van der Waals surface area contributed by atoms with Gasteiger partial charge in [0.25, 0.3) is 0 Å². The zero-order valence-corrected chi connectivity index (χ0v) is 15.8. The Kier molecular flexibility index (Phi) is 5.56. The van der Waals surface area contributed by atoms with Crippen LogP contribution in [0, 0.1) is 18.3 Å². The molecule has 0 atom stereocenters. The van der Waals surface area contributed by atoms with Crippen LogP contribution in [-0.2, 0) is 17.6 Å². The molecule has 2 heterocycles. The normalized spacial score (nSPS) is 10.9. The molecular formula is C22H24N4O. The van der Waals surface area contributed by atoms with Crippen molar-refractivity contribution >= 4 is 11.4 Å². The Labute approximate surface area is 159 Å². The van der Waals surface area contributed by atoms with E-state index >= 15 is 0 Å². The van der Waals surface area contributed by atoms with E-state index < -0.39 is 0 Å². The Morgan fingerprint density at radius 2 is 2.07 bits per heavy atom. The molecule has 0 aliphatic heterocycles. The number of rotatable bonds is 7. The molecule has 138 valence electrons. The molecule has 0 aliphatic rings. The topological polar surface area (TPSA) is 84.2 Å². The van der Waals surface area contributed by atoms with E-state index in [1.807, 2.05) is 35.7 Å². The average molecular weight is 360 g/mol. The zero-order chi connectivity index (χ0) is 19.4. The fourth-order valence-corrected chi connectivity index (χ4v) is 3.57. The minimum Gasteiger partial charge on any atom is -0.370 e. The second kappa shape index (κ2) is 8.05. The van der Waals surface area contributed by atoms with Gasteiger partial charge in [-0.2, -0.15) is 10.4 Å². The van der Waals surface area contributed by atoms with Gasteiger partial charge in [-0.25, -0.2) is 4.52 Å². The van der Waals surface area contributed by atoms with Gasteiger partial charge in [-0.15, -0.1) is 0 Å². The van der Waals surface area contributed by atoms with E-state index in [-0.39, 0.29) is 5.91 Å². The molecule has 3 aromatic rings. The van der Waals surface area contributed by atoms with Crippen molar-refractivity contribution in [1.82, 2.24) is 9.61 Å². The van der Waals surface area contributed by atoms with Crippen LogP contribution < -0.4 is 5.73 Å². The number of fused-ring (bicyclic) bond motifs is 1. The molecule has 5 heteroatoms. The van der Waals surface area contributed by atoms with Crippen LogP contribution in [0.15, 0.2) is 36.4 Å². The molecule has 2 N–H and O–H groups in total. The maximum atomic E-state index is 11.0. The molecule has 0 saturated carbocycles. The molecule has 0 spiro atoms. The van der Waals surface area contributed by atoms with Crippen LogP contribution in [0.25, 0.3) is 16.6 Å². The first kappa shape index (κ1) is 18.7. The third kappa shape index (κ3) is 3.85. The summed E-state index contributed by atoms with van der Waals surface area (Å²) in [6.07, 6.45) is 3.75. The first-order chi connectivity index (χ1) is 13.0. The van der Waals surface area contributed by atoms with Gasteiger partial charge in [-0.05, 0) is 68.0 Å². The van der Waals surface area contributed by atoms with Crippen molar-refractivity contribution in [3.05, 3.63) is 58.9 Å². The van der Waals surface area contributed by atoms with Crippen molar-refractivity contribution in [2.24, 2.45) is 5.73 Å². The minimum atomic E-state index is -0.263. The molecule has 3 rings (SSSR count). The van der Waals surface area contributed by atoms with E-state index in [9.17, 15) is 10.1 Å². The van der Waals surface area contributed by atoms with E-state index in [4.69, 9.17) is 10.8 Å². The van der Waals surface area contributed by atoms with Gasteiger partial charge in [0.15, 0.2) is 0 Å². The lowest BCUT2D eigenvalue weighted by atomic mass is 9.94. The number of aromatic nitrogens is 2. The SMILES string of the molecule is CCc1ccc2c(-c3cccc(C#N)c3)c(CCCCC(N)=O)c(C)nn12. The van der Waals surface area contributed by atoms with E-state index in [0.29, 0.717) is 12.0 Å². The van der Waals surface area contributed by atoms with E-state index in [0.717, 1.165) is 53.7 Å². The average Bonchev–Trinajstić information content (AvgIpc) is 3.07. The monoisotopic (exact) mass is 360 g/mol. The number of aryl methyl sites for hydroxylation is 2. The van der Waals surface area contributed by atoms with Crippen LogP contribution in [0.1, 0.15) is 48.7 Å². The van der Waals surface area contributed by atoms with Crippen molar-refractivity contribution in [2.75, 3.05) is 0 Å². The Bertz CT molecular complexity index is 1030. The van der Waals surface area contributed by atoms with Crippen LogP contribution in [-0.4, -0.2) is 15.5 Å². The first-order valence-electron chi connectivity index (χ1n) is 9.34. The summed E-state index contributed by atoms with van der Waals surface area (Å²) in [6, 6.07) is 14.1. The van der Waals surface area contributed by atoms with Crippen LogP contribution in [0.3, 0.4) is 0 Å². The van der Waals surface area contributed by atoms with Crippen molar-refractivity contribution in [1.29, 1.82) is 5.26 Å². The number of primary amides is 1. The molecule has 0 fully saturated rings. The summed E-state index contributed by atoms with van der Waals surface area (Å²) in [5.41, 5.74) is 12.4. The van der Waals surface area contributed by atoms with Gasteiger partial charge in [-0.3, -0.25) is 4.79 Å². The van der Waals surface area contributed by atoms with Crippen LogP contribution >= 0.6 is 0 Å². The Hall–Kier alpha value is -3.13. The fourth-order valence-electron chi connectivity index (χ4n) is 3.57. The smallest absolute Gasteiger partial charge is 0.217 e. The standard InChI is InChI=1S/C22H24N4O/c1-3-18-11-12-20-22(17-8-6-7-16(13-17)14-23)19(15(2)25-26(18)20)9-4-5-10-21(24)27/h6-8,11-13H,3-5,9-10H2,1-2H3,(H2,24,27). The van der Waals surface area contributed by atoms with Gasteiger partial charge in [0.05, 0.1) is 22.8 Å². The first-order valence-corrected chi connectivity index (χ1v) is 9.34. The predicted octanol–water partition coefficient (Wildman–Crippen LogP) is 3.94. The highest BCUT2D eigenvalue weighted by atomic mass is 16.1. The number of nitrogens with two attached hydrogens (primary N) is 1. The number of hydrogen-bond acceptors (Lipinski definition) is 3. The summed E-state index contributed by atoms with van der Waals surface area (Å²) in [4.78, 5) is 11.0. The molecule has 0 bridgehead atoms. The van der Waals surface area contributed by atoms with Crippen molar-refractivity contribution in [3.8, 4) is 17.2 Å². The quantitative estimate of drug-likeness (QED) is 0.648. The van der Waals surface area contributed by atoms with Crippen LogP contribution in [0.5, 0.6) is 0 Å². The largest absolute Gasteiger partial charge is 0.370 e. The summed E-state index contributed by atoms with van der Waals surface area (Å²) < 4.78 is 2.01. The second-order valence-electron chi connectivity index (χ2n) is 6.78. The maximum Gasteiger partial charge on any atom is 0.217 e. The molecule has 1 aromatic carbocycles. The second-order valence-corrected chi connectivity index (χ2v) is 6.78. The summed E-state index contributed by atoms with van der Waals surface area (Å²) in [6.45, 7) is 4.15. The van der Waals surface area contributed by atoms with Gasteiger partial charge >= 0.3 is 0 Å².